The Bertz CT molecular complexity index is 1200. The van der Waals surface area contributed by atoms with Gasteiger partial charge in [-0.25, -0.2) is 0 Å². The average Bonchev–Trinajstić information content (AvgIpc) is 2.79. The quantitative estimate of drug-likeness (QED) is 0.447. The van der Waals surface area contributed by atoms with Crippen LogP contribution in [0.1, 0.15) is 11.1 Å². The van der Waals surface area contributed by atoms with Crippen LogP contribution in [0.5, 0.6) is 17.2 Å². The molecule has 0 unspecified atom stereocenters. The molecule has 4 aromatic rings. The molecule has 150 valence electrons. The molecule has 3 aromatic carbocycles. The molecule has 0 aliphatic heterocycles. The molecule has 1 aromatic heterocycles. The number of H-pyrrole nitrogens is 1. The Kier molecular flexibility index (Phi) is 5.75. The lowest BCUT2D eigenvalue weighted by atomic mass is 10.1. The number of aromatic nitrogens is 1. The third kappa shape index (κ3) is 4.33. The van der Waals surface area contributed by atoms with Gasteiger partial charge in [-0.1, -0.05) is 60.7 Å². The minimum absolute atomic E-state index is 0.175. The topological polar surface area (TPSA) is 77.6 Å². The van der Waals surface area contributed by atoms with Gasteiger partial charge in [0.15, 0.2) is 5.75 Å². The van der Waals surface area contributed by atoms with Crippen LogP contribution in [-0.4, -0.2) is 11.5 Å². The largest absolute Gasteiger partial charge is 0.489 e. The molecule has 0 radical (unpaired) electrons. The SMILES string of the molecule is O=COc1c(OCc2ccccc2)c2ccc(OCc3ccccc3)cc2[nH]c1=O. The molecule has 0 fully saturated rings. The van der Waals surface area contributed by atoms with Crippen LogP contribution in [0, 0.1) is 0 Å². The summed E-state index contributed by atoms with van der Waals surface area (Å²) in [7, 11) is 0. The highest BCUT2D eigenvalue weighted by Crippen LogP contribution is 2.34. The number of carbonyl (C=O) groups excluding carboxylic acids is 1. The number of fused-ring (bicyclic) bond motifs is 1. The van der Waals surface area contributed by atoms with Crippen LogP contribution in [0.2, 0.25) is 0 Å². The Labute approximate surface area is 172 Å². The monoisotopic (exact) mass is 401 g/mol. The summed E-state index contributed by atoms with van der Waals surface area (Å²) in [5.74, 6) is 0.630. The Morgan fingerprint density at radius 1 is 0.767 bits per heavy atom. The number of ether oxygens (including phenoxy) is 3. The molecule has 1 heterocycles. The summed E-state index contributed by atoms with van der Waals surface area (Å²) in [6.07, 6.45) is 0. The maximum Gasteiger partial charge on any atom is 0.298 e. The van der Waals surface area contributed by atoms with E-state index in [9.17, 15) is 9.59 Å². The van der Waals surface area contributed by atoms with E-state index in [0.717, 1.165) is 11.1 Å². The smallest absolute Gasteiger partial charge is 0.298 e. The summed E-state index contributed by atoms with van der Waals surface area (Å²) >= 11 is 0. The molecule has 0 atom stereocenters. The number of aromatic amines is 1. The second-order valence-electron chi connectivity index (χ2n) is 6.58. The van der Waals surface area contributed by atoms with Crippen molar-refractivity contribution in [3.8, 4) is 17.2 Å². The highest BCUT2D eigenvalue weighted by Gasteiger charge is 2.17. The van der Waals surface area contributed by atoms with Gasteiger partial charge < -0.3 is 19.2 Å². The Morgan fingerprint density at radius 2 is 1.40 bits per heavy atom. The molecule has 0 saturated carbocycles. The van der Waals surface area contributed by atoms with Gasteiger partial charge in [0, 0.05) is 11.5 Å². The van der Waals surface area contributed by atoms with Gasteiger partial charge in [-0.05, 0) is 23.3 Å². The first-order valence-electron chi connectivity index (χ1n) is 9.38. The third-order valence-electron chi connectivity index (χ3n) is 4.54. The Morgan fingerprint density at radius 3 is 2.03 bits per heavy atom. The molecule has 4 rings (SSSR count). The van der Waals surface area contributed by atoms with E-state index in [1.807, 2.05) is 60.7 Å². The molecule has 0 saturated heterocycles. The van der Waals surface area contributed by atoms with Crippen molar-refractivity contribution in [3.63, 3.8) is 0 Å². The van der Waals surface area contributed by atoms with Gasteiger partial charge in [0.25, 0.3) is 12.0 Å². The van der Waals surface area contributed by atoms with Crippen molar-refractivity contribution in [2.45, 2.75) is 13.2 Å². The highest BCUT2D eigenvalue weighted by molar-refractivity contribution is 5.88. The van der Waals surface area contributed by atoms with Crippen molar-refractivity contribution in [1.29, 1.82) is 0 Å². The fourth-order valence-electron chi connectivity index (χ4n) is 3.09. The maximum atomic E-state index is 12.5. The lowest BCUT2D eigenvalue weighted by molar-refractivity contribution is -0.120. The predicted molar refractivity (Wildman–Crippen MR) is 113 cm³/mol. The van der Waals surface area contributed by atoms with Crippen molar-refractivity contribution in [2.24, 2.45) is 0 Å². The zero-order chi connectivity index (χ0) is 20.8. The van der Waals surface area contributed by atoms with Gasteiger partial charge in [0.1, 0.15) is 19.0 Å². The van der Waals surface area contributed by atoms with Crippen LogP contribution in [-0.2, 0) is 18.0 Å². The van der Waals surface area contributed by atoms with Gasteiger partial charge in [0.05, 0.1) is 5.52 Å². The van der Waals surface area contributed by atoms with Gasteiger partial charge >= 0.3 is 0 Å². The molecule has 1 N–H and O–H groups in total. The first-order chi connectivity index (χ1) is 14.7. The Hall–Kier alpha value is -4.06. The van der Waals surface area contributed by atoms with Crippen LogP contribution < -0.4 is 19.8 Å². The minimum atomic E-state index is -0.558. The molecule has 0 spiro atoms. The van der Waals surface area contributed by atoms with Crippen LogP contribution in [0.3, 0.4) is 0 Å². The average molecular weight is 401 g/mol. The number of hydrogen-bond donors (Lipinski definition) is 1. The number of rotatable bonds is 8. The predicted octanol–water partition coefficient (Wildman–Crippen LogP) is 4.22. The third-order valence-corrected chi connectivity index (χ3v) is 4.54. The van der Waals surface area contributed by atoms with Crippen LogP contribution in [0.4, 0.5) is 0 Å². The lowest BCUT2D eigenvalue weighted by Gasteiger charge is -2.13. The highest BCUT2D eigenvalue weighted by atomic mass is 16.5. The molecular weight excluding hydrogens is 382 g/mol. The Balaban J connectivity index is 1.66. The molecular formula is C24H19NO5. The molecule has 30 heavy (non-hydrogen) atoms. The number of nitrogens with one attached hydrogen (secondary N) is 1. The fourth-order valence-corrected chi connectivity index (χ4v) is 3.09. The van der Waals surface area contributed by atoms with Crippen molar-refractivity contribution < 1.29 is 19.0 Å². The van der Waals surface area contributed by atoms with Crippen molar-refractivity contribution in [3.05, 3.63) is 100 Å². The standard InChI is InChI=1S/C24H19NO5/c26-16-30-23-22(29-15-18-9-5-2-6-10-18)20-12-11-19(13-21(20)25-24(23)27)28-14-17-7-3-1-4-8-17/h1-13,16H,14-15H2,(H,25,27). The molecule has 0 bridgehead atoms. The van der Waals surface area contributed by atoms with Crippen LogP contribution in [0.25, 0.3) is 10.9 Å². The number of hydrogen-bond acceptors (Lipinski definition) is 5. The van der Waals surface area contributed by atoms with E-state index in [1.54, 1.807) is 18.2 Å². The fraction of sp³-hybridized carbons (Fsp3) is 0.0833. The van der Waals surface area contributed by atoms with Gasteiger partial charge in [-0.2, -0.15) is 0 Å². The minimum Gasteiger partial charge on any atom is -0.489 e. The maximum absolute atomic E-state index is 12.5. The summed E-state index contributed by atoms with van der Waals surface area (Å²) in [6.45, 7) is 0.838. The molecule has 6 nitrogen and oxygen atoms in total. The van der Waals surface area contributed by atoms with E-state index in [4.69, 9.17) is 14.2 Å². The summed E-state index contributed by atoms with van der Waals surface area (Å²) in [5.41, 5.74) is 1.92. The van der Waals surface area contributed by atoms with Crippen molar-refractivity contribution in [1.82, 2.24) is 4.98 Å². The molecule has 0 aliphatic carbocycles. The lowest BCUT2D eigenvalue weighted by Crippen LogP contribution is -2.13. The van der Waals surface area contributed by atoms with E-state index in [-0.39, 0.29) is 24.6 Å². The summed E-state index contributed by atoms with van der Waals surface area (Å²) in [6, 6.07) is 24.6. The second kappa shape index (κ2) is 8.96. The van der Waals surface area contributed by atoms with E-state index < -0.39 is 5.56 Å². The second-order valence-corrected chi connectivity index (χ2v) is 6.58. The van der Waals surface area contributed by atoms with Crippen LogP contribution in [0.15, 0.2) is 83.7 Å². The van der Waals surface area contributed by atoms with Crippen LogP contribution >= 0.6 is 0 Å². The normalized spacial score (nSPS) is 10.5. The van der Waals surface area contributed by atoms with E-state index in [2.05, 4.69) is 4.98 Å². The van der Waals surface area contributed by atoms with Crippen molar-refractivity contribution >= 4 is 17.4 Å². The summed E-state index contributed by atoms with van der Waals surface area (Å²) in [4.78, 5) is 26.1. The zero-order valence-corrected chi connectivity index (χ0v) is 16.0. The van der Waals surface area contributed by atoms with Gasteiger partial charge in [0.2, 0.25) is 5.75 Å². The van der Waals surface area contributed by atoms with E-state index in [0.29, 0.717) is 23.3 Å². The number of benzene rings is 3. The van der Waals surface area contributed by atoms with Gasteiger partial charge in [-0.15, -0.1) is 0 Å². The zero-order valence-electron chi connectivity index (χ0n) is 16.0. The molecule has 0 amide bonds. The van der Waals surface area contributed by atoms with E-state index >= 15 is 0 Å². The number of pyridine rings is 1. The van der Waals surface area contributed by atoms with E-state index in [1.165, 1.54) is 0 Å². The first-order valence-corrected chi connectivity index (χ1v) is 9.38. The van der Waals surface area contributed by atoms with Crippen molar-refractivity contribution in [2.75, 3.05) is 0 Å². The summed E-state index contributed by atoms with van der Waals surface area (Å²) < 4.78 is 16.7. The van der Waals surface area contributed by atoms with Gasteiger partial charge in [-0.3, -0.25) is 9.59 Å². The summed E-state index contributed by atoms with van der Waals surface area (Å²) in [5, 5.41) is 0.606. The number of carbonyl (C=O) groups is 1. The molecule has 6 heteroatoms. The molecule has 0 aliphatic rings. The first kappa shape index (κ1) is 19.3.